The molecule has 28 heavy (non-hydrogen) atoms. The number of furan rings is 1. The maximum absolute atomic E-state index is 13.1. The van der Waals surface area contributed by atoms with Gasteiger partial charge in [-0.25, -0.2) is 4.42 Å². The fourth-order valence-electron chi connectivity index (χ4n) is 3.32. The van der Waals surface area contributed by atoms with Crippen molar-refractivity contribution in [3.05, 3.63) is 52.7 Å². The van der Waals surface area contributed by atoms with E-state index in [1.54, 1.807) is 31.6 Å². The molecule has 8 heteroatoms. The van der Waals surface area contributed by atoms with Gasteiger partial charge in [0.15, 0.2) is 5.58 Å². The molecule has 1 aliphatic heterocycles. The zero-order chi connectivity index (χ0) is 19.7. The highest BCUT2D eigenvalue weighted by Gasteiger charge is 2.23. The number of rotatable bonds is 4. The van der Waals surface area contributed by atoms with E-state index in [0.29, 0.717) is 21.5 Å². The van der Waals surface area contributed by atoms with Crippen LogP contribution in [0, 0.1) is 0 Å². The number of nitrogens with one attached hydrogen (secondary N) is 1. The van der Waals surface area contributed by atoms with Gasteiger partial charge in [0, 0.05) is 47.8 Å². The van der Waals surface area contributed by atoms with Gasteiger partial charge in [-0.1, -0.05) is 0 Å². The molecule has 4 rings (SSSR count). The molecule has 0 radical (unpaired) electrons. The van der Waals surface area contributed by atoms with Crippen molar-refractivity contribution in [2.24, 2.45) is 0 Å². The number of amides is 1. The molecule has 6 nitrogen and oxygen atoms in total. The Morgan fingerprint density at radius 2 is 2.04 bits per heavy atom. The molecule has 0 atom stereocenters. The van der Waals surface area contributed by atoms with Gasteiger partial charge in [0.1, 0.15) is 5.75 Å². The molecule has 0 unspecified atom stereocenters. The summed E-state index contributed by atoms with van der Waals surface area (Å²) in [6, 6.07) is 10.8. The van der Waals surface area contributed by atoms with Crippen LogP contribution in [0.4, 0.5) is 11.4 Å². The number of hydrogen-bond donors (Lipinski definition) is 1. The molecule has 0 bridgehead atoms. The molecule has 146 valence electrons. The first-order valence-electron chi connectivity index (χ1n) is 8.89. The average Bonchev–Trinajstić information content (AvgIpc) is 3.21. The van der Waals surface area contributed by atoms with Gasteiger partial charge in [-0.15, -0.1) is 0 Å². The quantitative estimate of drug-likeness (QED) is 0.580. The van der Waals surface area contributed by atoms with Crippen molar-refractivity contribution >= 4 is 56.0 Å². The number of benzene rings is 2. The largest absolute Gasteiger partial charge is 0.497 e. The van der Waals surface area contributed by atoms with E-state index in [4.69, 9.17) is 20.9 Å². The molecule has 1 saturated heterocycles. The molecule has 0 aliphatic carbocycles. The molecule has 0 saturated carbocycles. The molecule has 2 heterocycles. The number of piperazine rings is 1. The Balaban J connectivity index is 1.73. The van der Waals surface area contributed by atoms with Crippen molar-refractivity contribution in [2.45, 2.75) is 0 Å². The normalized spacial score (nSPS) is 14.3. The number of carbonyl (C=O) groups excluding carboxylic acids is 1. The number of halogens is 2. The Hall–Kier alpha value is -2.22. The summed E-state index contributed by atoms with van der Waals surface area (Å²) in [5, 5.41) is 4.24. The third kappa shape index (κ3) is 3.57. The first-order valence-corrected chi connectivity index (χ1v) is 10.0. The Kier molecular flexibility index (Phi) is 5.48. The maximum Gasteiger partial charge on any atom is 0.274 e. The van der Waals surface area contributed by atoms with E-state index in [1.165, 1.54) is 0 Å². The third-order valence-corrected chi connectivity index (χ3v) is 5.82. The fourth-order valence-corrected chi connectivity index (χ4v) is 3.92. The minimum Gasteiger partial charge on any atom is -0.497 e. The Morgan fingerprint density at radius 1 is 1.25 bits per heavy atom. The Morgan fingerprint density at radius 3 is 2.79 bits per heavy atom. The Labute approximate surface area is 176 Å². The highest BCUT2D eigenvalue weighted by atomic mass is 79.9. The van der Waals surface area contributed by atoms with Crippen molar-refractivity contribution in [1.82, 2.24) is 5.32 Å². The molecule has 0 spiro atoms. The van der Waals surface area contributed by atoms with E-state index in [1.807, 2.05) is 18.2 Å². The molecule has 1 fully saturated rings. The molecule has 1 N–H and O–H groups in total. The minimum absolute atomic E-state index is 0.346. The van der Waals surface area contributed by atoms with Crippen LogP contribution in [-0.4, -0.2) is 39.2 Å². The summed E-state index contributed by atoms with van der Waals surface area (Å²) < 4.78 is 12.7. The van der Waals surface area contributed by atoms with Crippen LogP contribution in [-0.2, 0) is 0 Å². The summed E-state index contributed by atoms with van der Waals surface area (Å²) in [6.07, 6.45) is 1.65. The van der Waals surface area contributed by atoms with Crippen LogP contribution in [0.5, 0.6) is 5.75 Å². The van der Waals surface area contributed by atoms with E-state index >= 15 is 0 Å². The van der Waals surface area contributed by atoms with Crippen LogP contribution >= 0.6 is 27.7 Å². The fraction of sp³-hybridized carbons (Fsp3) is 0.250. The molecule has 1 aliphatic rings. The lowest BCUT2D eigenvalue weighted by atomic mass is 10.1. The van der Waals surface area contributed by atoms with Gasteiger partial charge in [-0.05, 0) is 52.3 Å². The summed E-state index contributed by atoms with van der Waals surface area (Å²) in [5.41, 5.74) is 2.74. The van der Waals surface area contributed by atoms with Crippen LogP contribution in [0.2, 0.25) is 0 Å². The number of fused-ring (bicyclic) bond motifs is 1. The second-order valence-electron chi connectivity index (χ2n) is 6.47. The molecule has 3 aromatic rings. The van der Waals surface area contributed by atoms with Gasteiger partial charge in [0.05, 0.1) is 30.3 Å². The predicted molar refractivity (Wildman–Crippen MR) is 115 cm³/mol. The van der Waals surface area contributed by atoms with Gasteiger partial charge in [-0.3, -0.25) is 4.79 Å². The number of nitrogens with zero attached hydrogens (tertiary/aromatic N) is 2. The van der Waals surface area contributed by atoms with Crippen molar-refractivity contribution in [3.8, 4) is 5.75 Å². The molecule has 1 amide bonds. The number of anilines is 2. The van der Waals surface area contributed by atoms with E-state index in [2.05, 4.69) is 26.1 Å². The lowest BCUT2D eigenvalue weighted by Gasteiger charge is -2.30. The molecular weight excluding hydrogens is 446 g/mol. The highest BCUT2D eigenvalue weighted by Crippen LogP contribution is 2.35. The maximum atomic E-state index is 13.1. The molecule has 1 aromatic heterocycles. The number of carbonyl (C=O) groups is 1. The van der Waals surface area contributed by atoms with Crippen molar-refractivity contribution in [3.63, 3.8) is 0 Å². The summed E-state index contributed by atoms with van der Waals surface area (Å²) in [5.74, 6) is 0.241. The molecule has 2 aromatic carbocycles. The number of ether oxygens (including phenoxy) is 1. The van der Waals surface area contributed by atoms with Crippen molar-refractivity contribution in [1.29, 1.82) is 0 Å². The van der Waals surface area contributed by atoms with E-state index in [9.17, 15) is 4.79 Å². The second kappa shape index (κ2) is 8.03. The van der Waals surface area contributed by atoms with Crippen molar-refractivity contribution in [2.75, 3.05) is 42.6 Å². The summed E-state index contributed by atoms with van der Waals surface area (Å²) in [4.78, 5) is 15.3. The summed E-state index contributed by atoms with van der Waals surface area (Å²) in [6.45, 7) is 3.51. The monoisotopic (exact) mass is 463 g/mol. The Bertz CT molecular complexity index is 1020. The highest BCUT2D eigenvalue weighted by molar-refractivity contribution is 9.10. The first kappa shape index (κ1) is 19.1. The number of hydrogen-bond acceptors (Lipinski definition) is 5. The third-order valence-electron chi connectivity index (χ3n) is 4.78. The van der Waals surface area contributed by atoms with E-state index in [0.717, 1.165) is 47.3 Å². The van der Waals surface area contributed by atoms with Gasteiger partial charge in [0.25, 0.3) is 5.91 Å². The van der Waals surface area contributed by atoms with Gasteiger partial charge < -0.3 is 19.4 Å². The van der Waals surface area contributed by atoms with Crippen LogP contribution < -0.4 is 19.4 Å². The van der Waals surface area contributed by atoms with E-state index in [-0.39, 0.29) is 5.91 Å². The van der Waals surface area contributed by atoms with Crippen LogP contribution in [0.25, 0.3) is 11.0 Å². The average molecular weight is 465 g/mol. The van der Waals surface area contributed by atoms with Crippen LogP contribution in [0.15, 0.2) is 51.6 Å². The summed E-state index contributed by atoms with van der Waals surface area (Å²) >= 11 is 9.92. The lowest BCUT2D eigenvalue weighted by molar-refractivity contribution is 0.100. The molecular formula is C20H19BrClN3O3. The topological polar surface area (TPSA) is 58.0 Å². The first-order chi connectivity index (χ1) is 13.6. The van der Waals surface area contributed by atoms with Gasteiger partial charge >= 0.3 is 0 Å². The number of methoxy groups -OCH3 is 1. The minimum atomic E-state index is -0.346. The summed E-state index contributed by atoms with van der Waals surface area (Å²) in [7, 11) is 1.56. The standard InChI is InChI=1S/C20H19BrClN3O3/c1-27-15-2-3-17(21)16(12-15)20(26)25(22)14-10-13-4-9-28-19(13)18(11-14)24-7-5-23-6-8-24/h2-4,9-12,23H,5-8H2,1H3. The SMILES string of the molecule is COc1ccc(Br)c(C(=O)N(Cl)c2cc(N3CCNCC3)c3occc3c2)c1. The van der Waals surface area contributed by atoms with Gasteiger partial charge in [-0.2, -0.15) is 0 Å². The van der Waals surface area contributed by atoms with Gasteiger partial charge in [0.2, 0.25) is 0 Å². The zero-order valence-corrected chi connectivity index (χ0v) is 17.6. The van der Waals surface area contributed by atoms with Crippen molar-refractivity contribution < 1.29 is 13.9 Å². The predicted octanol–water partition coefficient (Wildman–Crippen LogP) is 4.41. The van der Waals surface area contributed by atoms with Crippen LogP contribution in [0.3, 0.4) is 0 Å². The second-order valence-corrected chi connectivity index (χ2v) is 7.67. The smallest absolute Gasteiger partial charge is 0.274 e. The van der Waals surface area contributed by atoms with E-state index < -0.39 is 0 Å². The zero-order valence-electron chi connectivity index (χ0n) is 15.2. The van der Waals surface area contributed by atoms with Crippen LogP contribution in [0.1, 0.15) is 10.4 Å². The lowest BCUT2D eigenvalue weighted by Crippen LogP contribution is -2.43.